The summed E-state index contributed by atoms with van der Waals surface area (Å²) >= 11 is 0. The fourth-order valence-electron chi connectivity index (χ4n) is 4.62. The van der Waals surface area contributed by atoms with E-state index in [4.69, 9.17) is 0 Å². The summed E-state index contributed by atoms with van der Waals surface area (Å²) in [6.45, 7) is 4.95. The number of benzene rings is 1. The molecule has 0 N–H and O–H groups in total. The van der Waals surface area contributed by atoms with E-state index in [9.17, 15) is 0 Å². The van der Waals surface area contributed by atoms with Gasteiger partial charge in [-0.15, -0.1) is 0 Å². The Hall–Kier alpha value is -0.860. The van der Waals surface area contributed by atoms with Crippen LogP contribution < -0.4 is 0 Å². The Morgan fingerprint density at radius 3 is 2.29 bits per heavy atom. The Bertz CT molecular complexity index is 492. The van der Waals surface area contributed by atoms with Gasteiger partial charge in [0.25, 0.3) is 0 Å². The van der Waals surface area contributed by atoms with E-state index in [1.807, 2.05) is 0 Å². The Morgan fingerprint density at radius 2 is 1.62 bits per heavy atom. The zero-order valence-electron chi connectivity index (χ0n) is 13.4. The van der Waals surface area contributed by atoms with Crippen LogP contribution in [0.15, 0.2) is 24.3 Å². The molecule has 0 bridgehead atoms. The number of likely N-dealkylation sites (N-methyl/N-ethyl adjacent to an activating group) is 1. The van der Waals surface area contributed by atoms with Crippen LogP contribution in [0.1, 0.15) is 55.6 Å². The van der Waals surface area contributed by atoms with Crippen LogP contribution in [0.25, 0.3) is 0 Å². The highest BCUT2D eigenvalue weighted by Crippen LogP contribution is 2.54. The van der Waals surface area contributed by atoms with Gasteiger partial charge in [0.05, 0.1) is 0 Å². The molecule has 0 unspecified atom stereocenters. The highest BCUT2D eigenvalue weighted by atomic mass is 15.3. The summed E-state index contributed by atoms with van der Waals surface area (Å²) in [5.74, 6) is 0.839. The first-order chi connectivity index (χ1) is 10.3. The molecule has 1 saturated heterocycles. The third-order valence-corrected chi connectivity index (χ3v) is 6.09. The first-order valence-corrected chi connectivity index (χ1v) is 8.83. The molecule has 1 aromatic rings. The van der Waals surface area contributed by atoms with Gasteiger partial charge < -0.3 is 4.90 Å². The van der Waals surface area contributed by atoms with Crippen molar-refractivity contribution < 1.29 is 0 Å². The molecule has 21 heavy (non-hydrogen) atoms. The van der Waals surface area contributed by atoms with E-state index in [-0.39, 0.29) is 0 Å². The number of hydrogen-bond donors (Lipinski definition) is 0. The second-order valence-corrected chi connectivity index (χ2v) is 7.39. The second kappa shape index (κ2) is 5.40. The molecule has 4 rings (SSSR count). The second-order valence-electron chi connectivity index (χ2n) is 7.39. The molecular formula is C19H28N2. The van der Waals surface area contributed by atoms with Gasteiger partial charge in [-0.2, -0.15) is 0 Å². The van der Waals surface area contributed by atoms with Crippen LogP contribution in [-0.4, -0.2) is 43.0 Å². The minimum absolute atomic E-state index is 0.403. The maximum Gasteiger partial charge on any atom is 0.0466 e. The van der Waals surface area contributed by atoms with E-state index in [0.717, 1.165) is 5.92 Å². The first-order valence-electron chi connectivity index (χ1n) is 8.83. The predicted molar refractivity (Wildman–Crippen MR) is 87.6 cm³/mol. The van der Waals surface area contributed by atoms with Crippen LogP contribution in [0.4, 0.5) is 0 Å². The minimum atomic E-state index is 0.403. The SMILES string of the molecule is CN1CCN(C2(c3ccccc3C3CCCC3)CC2)CC1. The molecule has 1 heterocycles. The molecule has 114 valence electrons. The number of rotatable bonds is 3. The molecule has 3 fully saturated rings. The lowest BCUT2D eigenvalue weighted by atomic mass is 9.87. The minimum Gasteiger partial charge on any atom is -0.304 e. The van der Waals surface area contributed by atoms with Crippen LogP contribution in [0.2, 0.25) is 0 Å². The summed E-state index contributed by atoms with van der Waals surface area (Å²) in [5, 5.41) is 0. The predicted octanol–water partition coefficient (Wildman–Crippen LogP) is 3.58. The molecule has 0 aromatic heterocycles. The smallest absolute Gasteiger partial charge is 0.0466 e. The molecule has 0 spiro atoms. The first kappa shape index (κ1) is 13.8. The molecule has 0 atom stereocenters. The summed E-state index contributed by atoms with van der Waals surface area (Å²) in [5.41, 5.74) is 3.77. The number of piperazine rings is 1. The molecule has 1 aliphatic heterocycles. The number of hydrogen-bond acceptors (Lipinski definition) is 2. The molecule has 0 amide bonds. The van der Waals surface area contributed by atoms with E-state index in [2.05, 4.69) is 41.1 Å². The number of nitrogens with zero attached hydrogens (tertiary/aromatic N) is 2. The van der Waals surface area contributed by atoms with Crippen molar-refractivity contribution in [3.8, 4) is 0 Å². The summed E-state index contributed by atoms with van der Waals surface area (Å²) < 4.78 is 0. The molecule has 2 saturated carbocycles. The molecule has 3 aliphatic rings. The monoisotopic (exact) mass is 284 g/mol. The molecule has 2 aliphatic carbocycles. The lowest BCUT2D eigenvalue weighted by Crippen LogP contribution is -2.49. The maximum absolute atomic E-state index is 2.79. The lowest BCUT2D eigenvalue weighted by Gasteiger charge is -2.40. The van der Waals surface area contributed by atoms with E-state index in [1.54, 1.807) is 11.1 Å². The van der Waals surface area contributed by atoms with Crippen molar-refractivity contribution in [1.29, 1.82) is 0 Å². The van der Waals surface area contributed by atoms with E-state index >= 15 is 0 Å². The van der Waals surface area contributed by atoms with Crippen molar-refractivity contribution >= 4 is 0 Å². The van der Waals surface area contributed by atoms with Crippen LogP contribution in [0.5, 0.6) is 0 Å². The fourth-order valence-corrected chi connectivity index (χ4v) is 4.62. The van der Waals surface area contributed by atoms with Gasteiger partial charge in [0.1, 0.15) is 0 Å². The lowest BCUT2D eigenvalue weighted by molar-refractivity contribution is 0.0969. The van der Waals surface area contributed by atoms with Crippen molar-refractivity contribution in [1.82, 2.24) is 9.80 Å². The quantitative estimate of drug-likeness (QED) is 0.837. The molecular weight excluding hydrogens is 256 g/mol. The van der Waals surface area contributed by atoms with Gasteiger partial charge in [0.2, 0.25) is 0 Å². The Balaban J connectivity index is 1.63. The average molecular weight is 284 g/mol. The molecule has 2 heteroatoms. The Kier molecular flexibility index (Phi) is 3.55. The van der Waals surface area contributed by atoms with Gasteiger partial charge in [-0.1, -0.05) is 37.1 Å². The van der Waals surface area contributed by atoms with Crippen LogP contribution in [0.3, 0.4) is 0 Å². The summed E-state index contributed by atoms with van der Waals surface area (Å²) in [6.07, 6.45) is 8.44. The molecule has 2 nitrogen and oxygen atoms in total. The van der Waals surface area contributed by atoms with Crippen LogP contribution in [-0.2, 0) is 5.54 Å². The van der Waals surface area contributed by atoms with E-state index in [0.29, 0.717) is 5.54 Å². The van der Waals surface area contributed by atoms with Crippen molar-refractivity contribution in [3.63, 3.8) is 0 Å². The topological polar surface area (TPSA) is 6.48 Å². The van der Waals surface area contributed by atoms with Gasteiger partial charge in [-0.3, -0.25) is 4.90 Å². The largest absolute Gasteiger partial charge is 0.304 e. The summed E-state index contributed by atoms with van der Waals surface area (Å²) in [6, 6.07) is 9.40. The normalized spacial score (nSPS) is 27.1. The van der Waals surface area contributed by atoms with Gasteiger partial charge in [0.15, 0.2) is 0 Å². The summed E-state index contributed by atoms with van der Waals surface area (Å²) in [7, 11) is 2.25. The van der Waals surface area contributed by atoms with Crippen molar-refractivity contribution in [2.75, 3.05) is 33.2 Å². The van der Waals surface area contributed by atoms with E-state index < -0.39 is 0 Å². The summed E-state index contributed by atoms with van der Waals surface area (Å²) in [4.78, 5) is 5.26. The van der Waals surface area contributed by atoms with Crippen molar-refractivity contribution in [2.24, 2.45) is 0 Å². The fraction of sp³-hybridized carbons (Fsp3) is 0.684. The van der Waals surface area contributed by atoms with E-state index in [1.165, 1.54) is 64.7 Å². The van der Waals surface area contributed by atoms with Crippen molar-refractivity contribution in [3.05, 3.63) is 35.4 Å². The van der Waals surface area contributed by atoms with Gasteiger partial charge >= 0.3 is 0 Å². The highest BCUT2D eigenvalue weighted by Gasteiger charge is 2.51. The van der Waals surface area contributed by atoms with Gasteiger partial charge in [0, 0.05) is 31.7 Å². The van der Waals surface area contributed by atoms with Crippen LogP contribution in [0, 0.1) is 0 Å². The molecule has 0 radical (unpaired) electrons. The average Bonchev–Trinajstić information content (AvgIpc) is 3.14. The highest BCUT2D eigenvalue weighted by molar-refractivity contribution is 5.40. The Morgan fingerprint density at radius 1 is 0.952 bits per heavy atom. The van der Waals surface area contributed by atoms with Crippen molar-refractivity contribution in [2.45, 2.75) is 50.0 Å². The van der Waals surface area contributed by atoms with Gasteiger partial charge in [-0.25, -0.2) is 0 Å². The van der Waals surface area contributed by atoms with Crippen LogP contribution >= 0.6 is 0 Å². The van der Waals surface area contributed by atoms with Gasteiger partial charge in [-0.05, 0) is 49.8 Å². The maximum atomic E-state index is 2.79. The zero-order valence-corrected chi connectivity index (χ0v) is 13.4. The molecule has 1 aromatic carbocycles. The Labute approximate surface area is 129 Å². The third kappa shape index (κ3) is 2.43. The standard InChI is InChI=1S/C19H28N2/c1-20-12-14-21(15-13-20)19(10-11-19)18-9-5-4-8-17(18)16-6-2-3-7-16/h4-5,8-9,16H,2-3,6-7,10-15H2,1H3. The third-order valence-electron chi connectivity index (χ3n) is 6.09. The zero-order chi connectivity index (χ0) is 14.3.